The molecule has 1 aliphatic rings. The number of morpholine rings is 1. The number of hydrogen-bond donors (Lipinski definition) is 1. The van der Waals surface area contributed by atoms with E-state index in [1.165, 1.54) is 0 Å². The minimum absolute atomic E-state index is 0.0106. The van der Waals surface area contributed by atoms with E-state index in [2.05, 4.69) is 0 Å². The van der Waals surface area contributed by atoms with Crippen LogP contribution in [0.2, 0.25) is 0 Å². The molecule has 0 aromatic carbocycles. The van der Waals surface area contributed by atoms with Crippen molar-refractivity contribution in [1.82, 2.24) is 4.90 Å². The van der Waals surface area contributed by atoms with Crippen LogP contribution >= 0.6 is 0 Å². The molecule has 1 atom stereocenters. The van der Waals surface area contributed by atoms with E-state index in [1.807, 2.05) is 32.7 Å². The zero-order chi connectivity index (χ0) is 11.0. The molecule has 0 radical (unpaired) electrons. The molecular formula is C10H19NO3. The van der Waals surface area contributed by atoms with Gasteiger partial charge >= 0.3 is 5.97 Å². The molecule has 82 valence electrons. The van der Waals surface area contributed by atoms with Crippen molar-refractivity contribution in [3.05, 3.63) is 0 Å². The molecule has 0 spiro atoms. The highest BCUT2D eigenvalue weighted by molar-refractivity contribution is 5.80. The summed E-state index contributed by atoms with van der Waals surface area (Å²) in [5.74, 6) is -0.225. The first-order chi connectivity index (χ1) is 6.40. The lowest BCUT2D eigenvalue weighted by Crippen LogP contribution is -2.67. The first kappa shape index (κ1) is 11.5. The van der Waals surface area contributed by atoms with Gasteiger partial charge in [0.15, 0.2) is 0 Å². The van der Waals surface area contributed by atoms with Crippen molar-refractivity contribution in [1.29, 1.82) is 0 Å². The number of rotatable bonds is 2. The molecule has 1 heterocycles. The number of nitrogens with zero attached hydrogens (tertiary/aromatic N) is 1. The number of carbonyl (C=O) groups is 1. The van der Waals surface area contributed by atoms with E-state index in [9.17, 15) is 9.90 Å². The topological polar surface area (TPSA) is 49.8 Å². The Balaban J connectivity index is 2.99. The lowest BCUT2D eigenvalue weighted by Gasteiger charge is -2.50. The summed E-state index contributed by atoms with van der Waals surface area (Å²) >= 11 is 0. The maximum Gasteiger partial charge on any atom is 0.326 e. The summed E-state index contributed by atoms with van der Waals surface area (Å²) in [5, 5.41) is 9.40. The monoisotopic (exact) mass is 201 g/mol. The maximum absolute atomic E-state index is 11.5. The van der Waals surface area contributed by atoms with Crippen molar-refractivity contribution < 1.29 is 14.6 Å². The van der Waals surface area contributed by atoms with Crippen molar-refractivity contribution in [2.24, 2.45) is 0 Å². The van der Waals surface area contributed by atoms with Crippen LogP contribution in [0.4, 0.5) is 0 Å². The number of esters is 1. The van der Waals surface area contributed by atoms with Gasteiger partial charge in [-0.2, -0.15) is 0 Å². The maximum atomic E-state index is 11.5. The Kier molecular flexibility index (Phi) is 2.88. The SMILES string of the molecule is CCC1(CO)COC(=O)C(C)(C)N1C. The Bertz CT molecular complexity index is 234. The second kappa shape index (κ2) is 3.51. The minimum atomic E-state index is -0.656. The first-order valence-electron chi connectivity index (χ1n) is 4.93. The molecule has 0 aromatic rings. The average molecular weight is 201 g/mol. The van der Waals surface area contributed by atoms with Crippen LogP contribution < -0.4 is 0 Å². The van der Waals surface area contributed by atoms with Crippen molar-refractivity contribution in [3.63, 3.8) is 0 Å². The highest BCUT2D eigenvalue weighted by Crippen LogP contribution is 2.32. The Morgan fingerprint density at radius 2 is 2.14 bits per heavy atom. The van der Waals surface area contributed by atoms with Crippen molar-refractivity contribution in [2.75, 3.05) is 20.3 Å². The largest absolute Gasteiger partial charge is 0.462 e. The second-order valence-corrected chi connectivity index (χ2v) is 4.43. The molecule has 1 saturated heterocycles. The molecule has 0 bridgehead atoms. The van der Waals surface area contributed by atoms with E-state index in [1.54, 1.807) is 0 Å². The summed E-state index contributed by atoms with van der Waals surface area (Å²) in [7, 11) is 1.86. The Labute approximate surface area is 84.8 Å². The Hall–Kier alpha value is -0.610. The molecule has 0 aromatic heterocycles. The van der Waals surface area contributed by atoms with Crippen molar-refractivity contribution in [2.45, 2.75) is 38.3 Å². The van der Waals surface area contributed by atoms with E-state index in [0.717, 1.165) is 6.42 Å². The molecule has 0 aliphatic carbocycles. The predicted molar refractivity (Wildman–Crippen MR) is 52.9 cm³/mol. The molecule has 4 nitrogen and oxygen atoms in total. The molecule has 14 heavy (non-hydrogen) atoms. The number of hydrogen-bond acceptors (Lipinski definition) is 4. The van der Waals surface area contributed by atoms with Gasteiger partial charge in [-0.25, -0.2) is 0 Å². The third kappa shape index (κ3) is 1.42. The summed E-state index contributed by atoms with van der Waals surface area (Å²) in [4.78, 5) is 13.4. The van der Waals surface area contributed by atoms with Gasteiger partial charge in [0.1, 0.15) is 12.1 Å². The average Bonchev–Trinajstić information content (AvgIpc) is 2.17. The Morgan fingerprint density at radius 3 is 2.57 bits per heavy atom. The molecule has 0 saturated carbocycles. The quantitative estimate of drug-likeness (QED) is 0.657. The zero-order valence-electron chi connectivity index (χ0n) is 9.33. The summed E-state index contributed by atoms with van der Waals surface area (Å²) in [6.45, 7) is 5.90. The molecule has 1 fully saturated rings. The number of aliphatic hydroxyl groups is 1. The van der Waals surface area contributed by atoms with Crippen LogP contribution in [0, 0.1) is 0 Å². The van der Waals surface area contributed by atoms with Gasteiger partial charge < -0.3 is 9.84 Å². The van der Waals surface area contributed by atoms with Crippen molar-refractivity contribution >= 4 is 5.97 Å². The highest BCUT2D eigenvalue weighted by atomic mass is 16.5. The van der Waals surface area contributed by atoms with Gasteiger partial charge in [-0.3, -0.25) is 9.69 Å². The fourth-order valence-electron chi connectivity index (χ4n) is 1.81. The van der Waals surface area contributed by atoms with Crippen LogP contribution in [0.15, 0.2) is 0 Å². The fourth-order valence-corrected chi connectivity index (χ4v) is 1.81. The number of aliphatic hydroxyl groups excluding tert-OH is 1. The normalized spacial score (nSPS) is 32.8. The molecule has 1 N–H and O–H groups in total. The molecule has 1 unspecified atom stereocenters. The van der Waals surface area contributed by atoms with E-state index in [4.69, 9.17) is 4.74 Å². The van der Waals surface area contributed by atoms with Crippen LogP contribution in [0.25, 0.3) is 0 Å². The first-order valence-corrected chi connectivity index (χ1v) is 4.93. The summed E-state index contributed by atoms with van der Waals surface area (Å²) in [6, 6.07) is 0. The summed E-state index contributed by atoms with van der Waals surface area (Å²) in [5.41, 5.74) is -1.08. The molecule has 1 rings (SSSR count). The van der Waals surface area contributed by atoms with E-state index in [-0.39, 0.29) is 19.2 Å². The molecule has 0 amide bonds. The fraction of sp³-hybridized carbons (Fsp3) is 0.900. The lowest BCUT2D eigenvalue weighted by molar-refractivity contribution is -0.185. The van der Waals surface area contributed by atoms with Crippen LogP contribution in [-0.2, 0) is 9.53 Å². The second-order valence-electron chi connectivity index (χ2n) is 4.43. The number of cyclic esters (lactones) is 1. The van der Waals surface area contributed by atoms with E-state index < -0.39 is 11.1 Å². The van der Waals surface area contributed by atoms with Gasteiger partial charge in [0.25, 0.3) is 0 Å². The highest BCUT2D eigenvalue weighted by Gasteiger charge is 2.50. The minimum Gasteiger partial charge on any atom is -0.462 e. The number of carbonyl (C=O) groups excluding carboxylic acids is 1. The summed E-state index contributed by atoms with van der Waals surface area (Å²) in [6.07, 6.45) is 0.761. The van der Waals surface area contributed by atoms with Crippen LogP contribution in [-0.4, -0.2) is 47.3 Å². The predicted octanol–water partition coefficient (Wildman–Crippen LogP) is 0.395. The smallest absolute Gasteiger partial charge is 0.326 e. The standard InChI is InChI=1S/C10H19NO3/c1-5-10(6-12)7-14-8(13)9(2,3)11(10)4/h12H,5-7H2,1-4H3. The number of ether oxygens (including phenoxy) is 1. The molecule has 4 heteroatoms. The van der Waals surface area contributed by atoms with Gasteiger partial charge in [-0.05, 0) is 27.3 Å². The van der Waals surface area contributed by atoms with Gasteiger partial charge in [0.05, 0.1) is 12.1 Å². The number of likely N-dealkylation sites (N-methyl/N-ethyl adjacent to an activating group) is 1. The van der Waals surface area contributed by atoms with Crippen LogP contribution in [0.1, 0.15) is 27.2 Å². The van der Waals surface area contributed by atoms with Crippen LogP contribution in [0.3, 0.4) is 0 Å². The van der Waals surface area contributed by atoms with E-state index >= 15 is 0 Å². The molecular weight excluding hydrogens is 182 g/mol. The third-order valence-electron chi connectivity index (χ3n) is 3.47. The van der Waals surface area contributed by atoms with Gasteiger partial charge in [0, 0.05) is 0 Å². The zero-order valence-corrected chi connectivity index (χ0v) is 9.33. The Morgan fingerprint density at radius 1 is 1.57 bits per heavy atom. The molecule has 1 aliphatic heterocycles. The summed E-state index contributed by atoms with van der Waals surface area (Å²) < 4.78 is 5.12. The van der Waals surface area contributed by atoms with E-state index in [0.29, 0.717) is 0 Å². The van der Waals surface area contributed by atoms with Gasteiger partial charge in [-0.1, -0.05) is 6.92 Å². The van der Waals surface area contributed by atoms with Crippen LogP contribution in [0.5, 0.6) is 0 Å². The third-order valence-corrected chi connectivity index (χ3v) is 3.47. The lowest BCUT2D eigenvalue weighted by atomic mass is 9.87. The van der Waals surface area contributed by atoms with Gasteiger partial charge in [-0.15, -0.1) is 0 Å². The van der Waals surface area contributed by atoms with Crippen molar-refractivity contribution in [3.8, 4) is 0 Å². The van der Waals surface area contributed by atoms with Gasteiger partial charge in [0.2, 0.25) is 0 Å².